The minimum Gasteiger partial charge on any atom is -0.452 e. The SMILES string of the molecule is O=C(NN1CCCCC1)c1ccoc1Cl. The van der Waals surface area contributed by atoms with Gasteiger partial charge in [0.25, 0.3) is 5.91 Å². The Kier molecular flexibility index (Phi) is 3.28. The van der Waals surface area contributed by atoms with Crippen molar-refractivity contribution in [2.45, 2.75) is 19.3 Å². The summed E-state index contributed by atoms with van der Waals surface area (Å²) in [5, 5.41) is 2.07. The first-order valence-electron chi connectivity index (χ1n) is 5.06. The van der Waals surface area contributed by atoms with E-state index in [9.17, 15) is 4.79 Å². The molecule has 2 heterocycles. The minimum atomic E-state index is -0.198. The first-order valence-corrected chi connectivity index (χ1v) is 5.44. The predicted molar refractivity (Wildman–Crippen MR) is 56.6 cm³/mol. The molecule has 0 unspecified atom stereocenters. The molecular formula is C10H13ClN2O2. The van der Waals surface area contributed by atoms with Crippen LogP contribution in [-0.4, -0.2) is 24.0 Å². The van der Waals surface area contributed by atoms with Gasteiger partial charge in [-0.05, 0) is 30.5 Å². The van der Waals surface area contributed by atoms with E-state index >= 15 is 0 Å². The van der Waals surface area contributed by atoms with Gasteiger partial charge in [0.2, 0.25) is 5.22 Å². The molecule has 82 valence electrons. The smallest absolute Gasteiger partial charge is 0.270 e. The largest absolute Gasteiger partial charge is 0.452 e. The Morgan fingerprint density at radius 1 is 1.40 bits per heavy atom. The summed E-state index contributed by atoms with van der Waals surface area (Å²) in [4.78, 5) is 11.7. The van der Waals surface area contributed by atoms with Crippen LogP contribution in [0.5, 0.6) is 0 Å². The highest BCUT2D eigenvalue weighted by Crippen LogP contribution is 2.16. The van der Waals surface area contributed by atoms with Crippen LogP contribution in [0.4, 0.5) is 0 Å². The zero-order chi connectivity index (χ0) is 10.7. The summed E-state index contributed by atoms with van der Waals surface area (Å²) in [5.41, 5.74) is 3.20. The van der Waals surface area contributed by atoms with Gasteiger partial charge in [-0.15, -0.1) is 0 Å². The van der Waals surface area contributed by atoms with E-state index in [1.807, 2.05) is 5.01 Å². The van der Waals surface area contributed by atoms with Crippen molar-refractivity contribution in [2.75, 3.05) is 13.1 Å². The lowest BCUT2D eigenvalue weighted by atomic mass is 10.2. The fourth-order valence-corrected chi connectivity index (χ4v) is 1.87. The molecular weight excluding hydrogens is 216 g/mol. The topological polar surface area (TPSA) is 45.5 Å². The number of nitrogens with one attached hydrogen (secondary N) is 1. The molecule has 1 N–H and O–H groups in total. The van der Waals surface area contributed by atoms with Crippen molar-refractivity contribution in [3.05, 3.63) is 23.1 Å². The van der Waals surface area contributed by atoms with Crippen molar-refractivity contribution in [2.24, 2.45) is 0 Å². The highest BCUT2D eigenvalue weighted by molar-refractivity contribution is 6.32. The number of hydrogen-bond acceptors (Lipinski definition) is 3. The number of nitrogens with zero attached hydrogens (tertiary/aromatic N) is 1. The fourth-order valence-electron chi connectivity index (χ4n) is 1.67. The van der Waals surface area contributed by atoms with Gasteiger partial charge in [0.1, 0.15) is 0 Å². The van der Waals surface area contributed by atoms with Gasteiger partial charge in [-0.2, -0.15) is 0 Å². The Bertz CT molecular complexity index is 345. The molecule has 0 radical (unpaired) electrons. The molecule has 15 heavy (non-hydrogen) atoms. The average molecular weight is 229 g/mol. The van der Waals surface area contributed by atoms with Crippen LogP contribution in [0.15, 0.2) is 16.7 Å². The molecule has 0 aliphatic carbocycles. The Labute approximate surface area is 93.2 Å². The zero-order valence-electron chi connectivity index (χ0n) is 8.33. The first kappa shape index (κ1) is 10.5. The summed E-state index contributed by atoms with van der Waals surface area (Å²) in [6, 6.07) is 1.57. The molecule has 0 aromatic carbocycles. The van der Waals surface area contributed by atoms with Gasteiger partial charge in [-0.1, -0.05) is 6.42 Å². The molecule has 1 aliphatic rings. The molecule has 5 heteroatoms. The summed E-state index contributed by atoms with van der Waals surface area (Å²) in [7, 11) is 0. The van der Waals surface area contributed by atoms with Crippen LogP contribution in [0.1, 0.15) is 29.6 Å². The van der Waals surface area contributed by atoms with Crippen molar-refractivity contribution in [1.82, 2.24) is 10.4 Å². The van der Waals surface area contributed by atoms with Gasteiger partial charge in [0.05, 0.1) is 11.8 Å². The molecule has 1 aromatic rings. The summed E-state index contributed by atoms with van der Waals surface area (Å²) < 4.78 is 4.86. The molecule has 0 saturated carbocycles. The summed E-state index contributed by atoms with van der Waals surface area (Å²) in [6.45, 7) is 1.81. The van der Waals surface area contributed by atoms with E-state index in [0.717, 1.165) is 25.9 Å². The molecule has 1 fully saturated rings. The van der Waals surface area contributed by atoms with Gasteiger partial charge in [-0.3, -0.25) is 10.2 Å². The maximum absolute atomic E-state index is 11.7. The summed E-state index contributed by atoms with van der Waals surface area (Å²) in [6.07, 6.45) is 4.89. The monoisotopic (exact) mass is 228 g/mol. The van der Waals surface area contributed by atoms with Crippen LogP contribution in [0.25, 0.3) is 0 Å². The maximum Gasteiger partial charge on any atom is 0.270 e. The van der Waals surface area contributed by atoms with Gasteiger partial charge in [0.15, 0.2) is 0 Å². The molecule has 1 aromatic heterocycles. The second-order valence-corrected chi connectivity index (χ2v) is 3.94. The number of carbonyl (C=O) groups is 1. The maximum atomic E-state index is 11.7. The second kappa shape index (κ2) is 4.68. The van der Waals surface area contributed by atoms with Gasteiger partial charge in [-0.25, -0.2) is 5.01 Å². The fraction of sp³-hybridized carbons (Fsp3) is 0.500. The first-order chi connectivity index (χ1) is 7.27. The number of carbonyl (C=O) groups excluding carboxylic acids is 1. The van der Waals surface area contributed by atoms with E-state index in [2.05, 4.69) is 5.43 Å². The van der Waals surface area contributed by atoms with E-state index in [-0.39, 0.29) is 11.1 Å². The van der Waals surface area contributed by atoms with Crippen molar-refractivity contribution in [1.29, 1.82) is 0 Å². The Hall–Kier alpha value is -1.00. The van der Waals surface area contributed by atoms with E-state index in [0.29, 0.717) is 5.56 Å². The molecule has 1 saturated heterocycles. The molecule has 1 aliphatic heterocycles. The van der Waals surface area contributed by atoms with Crippen molar-refractivity contribution >= 4 is 17.5 Å². The minimum absolute atomic E-state index is 0.143. The Morgan fingerprint density at radius 2 is 2.13 bits per heavy atom. The number of halogens is 1. The van der Waals surface area contributed by atoms with Gasteiger partial charge >= 0.3 is 0 Å². The number of amides is 1. The number of rotatable bonds is 2. The number of furan rings is 1. The van der Waals surface area contributed by atoms with Crippen molar-refractivity contribution < 1.29 is 9.21 Å². The van der Waals surface area contributed by atoms with E-state index in [1.165, 1.54) is 12.7 Å². The number of hydrazine groups is 1. The van der Waals surface area contributed by atoms with Crippen LogP contribution in [0, 0.1) is 0 Å². The predicted octanol–water partition coefficient (Wildman–Crippen LogP) is 2.06. The van der Waals surface area contributed by atoms with Crippen molar-refractivity contribution in [3.8, 4) is 0 Å². The van der Waals surface area contributed by atoms with Gasteiger partial charge in [0, 0.05) is 13.1 Å². The standard InChI is InChI=1S/C10H13ClN2O2/c11-9-8(4-7-15-9)10(14)12-13-5-2-1-3-6-13/h4,7H,1-3,5-6H2,(H,12,14). The lowest BCUT2D eigenvalue weighted by Gasteiger charge is -2.26. The molecule has 0 atom stereocenters. The Morgan fingerprint density at radius 3 is 2.73 bits per heavy atom. The Balaban J connectivity index is 1.94. The zero-order valence-corrected chi connectivity index (χ0v) is 9.09. The molecule has 2 rings (SSSR count). The highest BCUT2D eigenvalue weighted by Gasteiger charge is 2.17. The van der Waals surface area contributed by atoms with Crippen LogP contribution < -0.4 is 5.43 Å². The summed E-state index contributed by atoms with van der Waals surface area (Å²) >= 11 is 5.71. The van der Waals surface area contributed by atoms with E-state index in [1.54, 1.807) is 6.07 Å². The molecule has 1 amide bonds. The average Bonchev–Trinajstić information content (AvgIpc) is 2.66. The lowest BCUT2D eigenvalue weighted by Crippen LogP contribution is -2.44. The normalized spacial score (nSPS) is 17.7. The summed E-state index contributed by atoms with van der Waals surface area (Å²) in [5.74, 6) is -0.198. The highest BCUT2D eigenvalue weighted by atomic mass is 35.5. The quantitative estimate of drug-likeness (QED) is 0.843. The van der Waals surface area contributed by atoms with Crippen LogP contribution in [0.2, 0.25) is 5.22 Å². The van der Waals surface area contributed by atoms with Crippen LogP contribution >= 0.6 is 11.6 Å². The number of piperidine rings is 1. The third-order valence-electron chi connectivity index (χ3n) is 2.48. The molecule has 0 bridgehead atoms. The second-order valence-electron chi connectivity index (χ2n) is 3.60. The van der Waals surface area contributed by atoms with E-state index < -0.39 is 0 Å². The third kappa shape index (κ3) is 2.52. The van der Waals surface area contributed by atoms with Crippen LogP contribution in [0.3, 0.4) is 0 Å². The van der Waals surface area contributed by atoms with Crippen molar-refractivity contribution in [3.63, 3.8) is 0 Å². The molecule has 0 spiro atoms. The number of hydrogen-bond donors (Lipinski definition) is 1. The lowest BCUT2D eigenvalue weighted by molar-refractivity contribution is 0.0749. The molecule has 4 nitrogen and oxygen atoms in total. The van der Waals surface area contributed by atoms with Gasteiger partial charge < -0.3 is 4.42 Å². The third-order valence-corrected chi connectivity index (χ3v) is 2.77. The van der Waals surface area contributed by atoms with Crippen LogP contribution in [-0.2, 0) is 0 Å². The van der Waals surface area contributed by atoms with E-state index in [4.69, 9.17) is 16.0 Å².